The third kappa shape index (κ3) is 3.09. The molecule has 3 nitrogen and oxygen atoms in total. The molecule has 0 aliphatic heterocycles. The van der Waals surface area contributed by atoms with E-state index in [0.29, 0.717) is 6.42 Å². The van der Waals surface area contributed by atoms with Crippen molar-refractivity contribution in [3.63, 3.8) is 0 Å². The van der Waals surface area contributed by atoms with Gasteiger partial charge in [-0.1, -0.05) is 31.7 Å². The van der Waals surface area contributed by atoms with Crippen molar-refractivity contribution in [3.05, 3.63) is 30.1 Å². The lowest BCUT2D eigenvalue weighted by molar-refractivity contribution is -0.111. The molecule has 0 aromatic carbocycles. The second-order valence-corrected chi connectivity index (χ2v) is 5.26. The highest BCUT2D eigenvalue weighted by Gasteiger charge is 2.38. The Morgan fingerprint density at radius 2 is 2.06 bits per heavy atom. The first-order chi connectivity index (χ1) is 8.77. The molecule has 1 N–H and O–H groups in total. The monoisotopic (exact) mass is 249 g/mol. The van der Waals surface area contributed by atoms with Gasteiger partial charge in [0.2, 0.25) is 0 Å². The van der Waals surface area contributed by atoms with Gasteiger partial charge in [0.05, 0.1) is 11.7 Å². The van der Waals surface area contributed by atoms with Gasteiger partial charge in [-0.3, -0.25) is 4.98 Å². The van der Waals surface area contributed by atoms with Gasteiger partial charge in [-0.05, 0) is 24.5 Å². The summed E-state index contributed by atoms with van der Waals surface area (Å²) in [6.07, 6.45) is 10.5. The van der Waals surface area contributed by atoms with Crippen LogP contribution in [0.3, 0.4) is 0 Å². The van der Waals surface area contributed by atoms with E-state index < -0.39 is 6.10 Å². The highest BCUT2D eigenvalue weighted by molar-refractivity contribution is 5.11. The molecule has 1 aliphatic rings. The minimum Gasteiger partial charge on any atom is -0.390 e. The van der Waals surface area contributed by atoms with E-state index in [4.69, 9.17) is 4.74 Å². The fourth-order valence-electron chi connectivity index (χ4n) is 2.93. The molecular formula is C15H23NO2. The summed E-state index contributed by atoms with van der Waals surface area (Å²) >= 11 is 0. The number of hydrogen-bond donors (Lipinski definition) is 1. The van der Waals surface area contributed by atoms with Crippen LogP contribution in [-0.2, 0) is 11.2 Å². The number of pyridine rings is 1. The largest absolute Gasteiger partial charge is 0.390 e. The van der Waals surface area contributed by atoms with Gasteiger partial charge in [0, 0.05) is 25.9 Å². The molecular weight excluding hydrogens is 226 g/mol. The van der Waals surface area contributed by atoms with Crippen LogP contribution in [0, 0.1) is 0 Å². The van der Waals surface area contributed by atoms with Gasteiger partial charge in [0.25, 0.3) is 0 Å². The number of aromatic nitrogens is 1. The predicted molar refractivity (Wildman–Crippen MR) is 71.4 cm³/mol. The standard InChI is InChI=1S/C15H23NO2/c1-18-15(8-4-2-3-5-9-15)14(17)11-13-7-6-10-16-12-13/h6-7,10,12,14,17H,2-5,8-9,11H2,1H3. The summed E-state index contributed by atoms with van der Waals surface area (Å²) in [7, 11) is 1.73. The number of ether oxygens (including phenoxy) is 1. The van der Waals surface area contributed by atoms with Crippen LogP contribution in [0.25, 0.3) is 0 Å². The molecule has 0 saturated heterocycles. The second-order valence-electron chi connectivity index (χ2n) is 5.26. The average molecular weight is 249 g/mol. The molecule has 18 heavy (non-hydrogen) atoms. The van der Waals surface area contributed by atoms with E-state index in [1.807, 2.05) is 18.3 Å². The van der Waals surface area contributed by atoms with Gasteiger partial charge >= 0.3 is 0 Å². The number of aliphatic hydroxyl groups excluding tert-OH is 1. The molecule has 3 heteroatoms. The molecule has 0 radical (unpaired) electrons. The van der Waals surface area contributed by atoms with Crippen molar-refractivity contribution in [2.75, 3.05) is 7.11 Å². The average Bonchev–Trinajstić information content (AvgIpc) is 2.66. The Bertz CT molecular complexity index is 345. The van der Waals surface area contributed by atoms with Crippen molar-refractivity contribution < 1.29 is 9.84 Å². The summed E-state index contributed by atoms with van der Waals surface area (Å²) in [4.78, 5) is 4.10. The summed E-state index contributed by atoms with van der Waals surface area (Å²) < 4.78 is 5.72. The third-order valence-electron chi connectivity index (χ3n) is 4.12. The van der Waals surface area contributed by atoms with Crippen LogP contribution in [0.4, 0.5) is 0 Å². The molecule has 1 heterocycles. The highest BCUT2D eigenvalue weighted by Crippen LogP contribution is 2.34. The van der Waals surface area contributed by atoms with Crippen LogP contribution in [-0.4, -0.2) is 28.9 Å². The van der Waals surface area contributed by atoms with Gasteiger partial charge in [0.15, 0.2) is 0 Å². The summed E-state index contributed by atoms with van der Waals surface area (Å²) in [5.41, 5.74) is 0.720. The molecule has 1 saturated carbocycles. The van der Waals surface area contributed by atoms with Crippen molar-refractivity contribution in [1.29, 1.82) is 0 Å². The molecule has 100 valence electrons. The van der Waals surface area contributed by atoms with E-state index in [1.54, 1.807) is 13.3 Å². The molecule has 1 aromatic heterocycles. The van der Waals surface area contributed by atoms with Crippen molar-refractivity contribution in [3.8, 4) is 0 Å². The fraction of sp³-hybridized carbons (Fsp3) is 0.667. The van der Waals surface area contributed by atoms with E-state index in [1.165, 1.54) is 12.8 Å². The van der Waals surface area contributed by atoms with E-state index in [2.05, 4.69) is 4.98 Å². The van der Waals surface area contributed by atoms with Crippen LogP contribution in [0.15, 0.2) is 24.5 Å². The molecule has 0 bridgehead atoms. The normalized spacial score (nSPS) is 21.2. The topological polar surface area (TPSA) is 42.4 Å². The first-order valence-corrected chi connectivity index (χ1v) is 6.89. The summed E-state index contributed by atoms with van der Waals surface area (Å²) in [5.74, 6) is 0. The summed E-state index contributed by atoms with van der Waals surface area (Å²) in [5, 5.41) is 10.6. The Balaban J connectivity index is 2.06. The zero-order valence-corrected chi connectivity index (χ0v) is 11.1. The van der Waals surface area contributed by atoms with Gasteiger partial charge < -0.3 is 9.84 Å². The lowest BCUT2D eigenvalue weighted by atomic mass is 9.85. The van der Waals surface area contributed by atoms with Crippen molar-refractivity contribution in [2.45, 2.75) is 56.7 Å². The zero-order valence-electron chi connectivity index (χ0n) is 11.1. The minimum atomic E-state index is -0.440. The van der Waals surface area contributed by atoms with Crippen LogP contribution in [0.2, 0.25) is 0 Å². The summed E-state index contributed by atoms with van der Waals surface area (Å²) in [6.45, 7) is 0. The number of methoxy groups -OCH3 is 1. The molecule has 1 fully saturated rings. The lowest BCUT2D eigenvalue weighted by Crippen LogP contribution is -2.45. The smallest absolute Gasteiger partial charge is 0.0939 e. The van der Waals surface area contributed by atoms with Crippen molar-refractivity contribution in [2.24, 2.45) is 0 Å². The predicted octanol–water partition coefficient (Wildman–Crippen LogP) is 2.72. The number of nitrogens with zero attached hydrogens (tertiary/aromatic N) is 1. The quantitative estimate of drug-likeness (QED) is 0.834. The highest BCUT2D eigenvalue weighted by atomic mass is 16.5. The van der Waals surface area contributed by atoms with Gasteiger partial charge in [-0.25, -0.2) is 0 Å². The fourth-order valence-corrected chi connectivity index (χ4v) is 2.93. The maximum absolute atomic E-state index is 10.6. The Hall–Kier alpha value is -0.930. The molecule has 1 aromatic rings. The Morgan fingerprint density at radius 1 is 1.33 bits per heavy atom. The van der Waals surface area contributed by atoms with Gasteiger partial charge in [0.1, 0.15) is 0 Å². The Labute approximate surface area is 109 Å². The number of hydrogen-bond acceptors (Lipinski definition) is 3. The van der Waals surface area contributed by atoms with E-state index in [9.17, 15) is 5.11 Å². The molecule has 0 spiro atoms. The van der Waals surface area contributed by atoms with Crippen LogP contribution in [0.1, 0.15) is 44.1 Å². The van der Waals surface area contributed by atoms with Crippen LogP contribution < -0.4 is 0 Å². The molecule has 2 rings (SSSR count). The molecule has 1 unspecified atom stereocenters. The summed E-state index contributed by atoms with van der Waals surface area (Å²) in [6, 6.07) is 3.92. The first-order valence-electron chi connectivity index (χ1n) is 6.89. The SMILES string of the molecule is COC1(C(O)Cc2cccnc2)CCCCCC1. The van der Waals surface area contributed by atoms with E-state index in [-0.39, 0.29) is 5.60 Å². The number of rotatable bonds is 4. The maximum Gasteiger partial charge on any atom is 0.0939 e. The maximum atomic E-state index is 10.6. The third-order valence-corrected chi connectivity index (χ3v) is 4.12. The lowest BCUT2D eigenvalue weighted by Gasteiger charge is -2.36. The van der Waals surface area contributed by atoms with Crippen molar-refractivity contribution in [1.82, 2.24) is 4.98 Å². The molecule has 0 amide bonds. The minimum absolute atomic E-state index is 0.355. The van der Waals surface area contributed by atoms with E-state index >= 15 is 0 Å². The van der Waals surface area contributed by atoms with Crippen LogP contribution >= 0.6 is 0 Å². The second kappa shape index (κ2) is 6.30. The van der Waals surface area contributed by atoms with Crippen molar-refractivity contribution >= 4 is 0 Å². The molecule has 1 aliphatic carbocycles. The van der Waals surface area contributed by atoms with Gasteiger partial charge in [-0.15, -0.1) is 0 Å². The Morgan fingerprint density at radius 3 is 2.61 bits per heavy atom. The Kier molecular flexibility index (Phi) is 4.72. The zero-order chi connectivity index (χ0) is 12.8. The van der Waals surface area contributed by atoms with E-state index in [0.717, 1.165) is 31.2 Å². The number of aliphatic hydroxyl groups is 1. The van der Waals surface area contributed by atoms with Gasteiger partial charge in [-0.2, -0.15) is 0 Å². The van der Waals surface area contributed by atoms with Crippen LogP contribution in [0.5, 0.6) is 0 Å². The first kappa shape index (κ1) is 13.5. The molecule has 1 atom stereocenters.